The average molecular weight is 326 g/mol. The summed E-state index contributed by atoms with van der Waals surface area (Å²) < 4.78 is 39.9. The Morgan fingerprint density at radius 1 is 1.14 bits per heavy atom. The second kappa shape index (κ2) is 5.96. The van der Waals surface area contributed by atoms with Gasteiger partial charge in [-0.3, -0.25) is 4.79 Å². The third-order valence-electron chi connectivity index (χ3n) is 4.20. The van der Waals surface area contributed by atoms with Crippen LogP contribution in [-0.2, 0) is 14.8 Å². The minimum atomic E-state index is -3.83. The van der Waals surface area contributed by atoms with Crippen molar-refractivity contribution < 1.29 is 17.6 Å². The molecule has 0 spiro atoms. The average Bonchev–Trinajstić information content (AvgIpc) is 3.31. The largest absolute Gasteiger partial charge is 0.353 e. The van der Waals surface area contributed by atoms with Gasteiger partial charge in [0.05, 0.1) is 0 Å². The van der Waals surface area contributed by atoms with Crippen LogP contribution in [0, 0.1) is 11.7 Å². The third-order valence-corrected chi connectivity index (χ3v) is 6.13. The van der Waals surface area contributed by atoms with Crippen LogP contribution in [0.2, 0.25) is 0 Å². The van der Waals surface area contributed by atoms with Crippen LogP contribution in [0.1, 0.15) is 25.7 Å². The summed E-state index contributed by atoms with van der Waals surface area (Å²) in [4.78, 5) is 11.7. The summed E-state index contributed by atoms with van der Waals surface area (Å²) >= 11 is 0. The van der Waals surface area contributed by atoms with Crippen molar-refractivity contribution in [3.05, 3.63) is 30.1 Å². The molecule has 0 unspecified atom stereocenters. The Labute approximate surface area is 129 Å². The Bertz CT molecular complexity index is 665. The molecule has 0 bridgehead atoms. The second-order valence-corrected chi connectivity index (χ2v) is 7.80. The fraction of sp³-hybridized carbons (Fsp3) is 0.533. The summed E-state index contributed by atoms with van der Waals surface area (Å²) in [6.45, 7) is 0.499. The summed E-state index contributed by atoms with van der Waals surface area (Å²) in [6.07, 6.45) is 3.02. The number of hydrogen-bond acceptors (Lipinski definition) is 3. The van der Waals surface area contributed by atoms with Gasteiger partial charge in [-0.15, -0.1) is 0 Å². The van der Waals surface area contributed by atoms with Crippen LogP contribution in [0.3, 0.4) is 0 Å². The maximum absolute atomic E-state index is 13.7. The van der Waals surface area contributed by atoms with E-state index in [0.717, 1.165) is 18.9 Å². The number of benzene rings is 1. The molecule has 0 atom stereocenters. The van der Waals surface area contributed by atoms with Gasteiger partial charge in [0.1, 0.15) is 10.7 Å². The van der Waals surface area contributed by atoms with Gasteiger partial charge in [0.2, 0.25) is 15.9 Å². The zero-order valence-electron chi connectivity index (χ0n) is 12.2. The van der Waals surface area contributed by atoms with Crippen LogP contribution in [0.15, 0.2) is 29.2 Å². The Morgan fingerprint density at radius 2 is 1.77 bits per heavy atom. The molecule has 1 aromatic carbocycles. The first kappa shape index (κ1) is 15.4. The van der Waals surface area contributed by atoms with E-state index in [0.29, 0.717) is 18.9 Å². The molecule has 2 fully saturated rings. The van der Waals surface area contributed by atoms with Gasteiger partial charge in [-0.2, -0.15) is 4.31 Å². The topological polar surface area (TPSA) is 66.5 Å². The number of carbonyl (C=O) groups excluding carboxylic acids is 1. The highest BCUT2D eigenvalue weighted by molar-refractivity contribution is 7.89. The van der Waals surface area contributed by atoms with E-state index >= 15 is 0 Å². The third kappa shape index (κ3) is 3.15. The van der Waals surface area contributed by atoms with Crippen molar-refractivity contribution in [3.63, 3.8) is 0 Å². The Balaban J connectivity index is 1.65. The molecule has 2 aliphatic rings. The van der Waals surface area contributed by atoms with E-state index in [1.54, 1.807) is 0 Å². The standard InChI is InChI=1S/C15H19FN2O3S/c16-13-3-1-2-4-14(13)22(20,21)18-9-7-11(8-10-18)15(19)17-12-5-6-12/h1-4,11-12H,5-10H2,(H,17,19). The van der Waals surface area contributed by atoms with E-state index < -0.39 is 15.8 Å². The van der Waals surface area contributed by atoms with Crippen LogP contribution in [0.5, 0.6) is 0 Å². The van der Waals surface area contributed by atoms with Crippen molar-refractivity contribution >= 4 is 15.9 Å². The first-order valence-electron chi connectivity index (χ1n) is 7.53. The Morgan fingerprint density at radius 3 is 2.36 bits per heavy atom. The molecule has 1 heterocycles. The summed E-state index contributed by atoms with van der Waals surface area (Å²) in [6, 6.07) is 5.70. The Hall–Kier alpha value is -1.47. The zero-order valence-corrected chi connectivity index (χ0v) is 13.0. The lowest BCUT2D eigenvalue weighted by atomic mass is 9.97. The molecule has 3 rings (SSSR count). The van der Waals surface area contributed by atoms with Crippen LogP contribution in [0.25, 0.3) is 0 Å². The summed E-state index contributed by atoms with van der Waals surface area (Å²) in [5.41, 5.74) is 0. The predicted octanol–water partition coefficient (Wildman–Crippen LogP) is 1.50. The van der Waals surface area contributed by atoms with E-state index in [1.165, 1.54) is 22.5 Å². The number of hydrogen-bond donors (Lipinski definition) is 1. The molecule has 5 nitrogen and oxygen atoms in total. The summed E-state index contributed by atoms with van der Waals surface area (Å²) in [5.74, 6) is -0.866. The first-order chi connectivity index (χ1) is 10.5. The normalized spacial score (nSPS) is 20.8. The summed E-state index contributed by atoms with van der Waals surface area (Å²) in [7, 11) is -3.83. The molecule has 1 aliphatic carbocycles. The van der Waals surface area contributed by atoms with Crippen LogP contribution >= 0.6 is 0 Å². The molecule has 1 amide bonds. The number of nitrogens with zero attached hydrogens (tertiary/aromatic N) is 1. The number of halogens is 1. The lowest BCUT2D eigenvalue weighted by Crippen LogP contribution is -2.43. The van der Waals surface area contributed by atoms with Crippen LogP contribution in [0.4, 0.5) is 4.39 Å². The molecule has 1 aliphatic heterocycles. The SMILES string of the molecule is O=C(NC1CC1)C1CCN(S(=O)(=O)c2ccccc2F)CC1. The van der Waals surface area contributed by atoms with Gasteiger partial charge in [0.25, 0.3) is 0 Å². The highest BCUT2D eigenvalue weighted by atomic mass is 32.2. The fourth-order valence-corrected chi connectivity index (χ4v) is 4.23. The minimum absolute atomic E-state index is 0.0189. The second-order valence-electron chi connectivity index (χ2n) is 5.89. The molecule has 1 saturated heterocycles. The quantitative estimate of drug-likeness (QED) is 0.912. The first-order valence-corrected chi connectivity index (χ1v) is 8.97. The van der Waals surface area contributed by atoms with E-state index in [2.05, 4.69) is 5.32 Å². The predicted molar refractivity (Wildman–Crippen MR) is 79.0 cm³/mol. The Kier molecular flexibility index (Phi) is 4.18. The van der Waals surface area contributed by atoms with Gasteiger partial charge < -0.3 is 5.32 Å². The van der Waals surface area contributed by atoms with Crippen molar-refractivity contribution in [2.24, 2.45) is 5.92 Å². The molecule has 0 radical (unpaired) electrons. The molecular weight excluding hydrogens is 307 g/mol. The van der Waals surface area contributed by atoms with E-state index in [1.807, 2.05) is 0 Å². The molecular formula is C15H19FN2O3S. The van der Waals surface area contributed by atoms with E-state index in [-0.39, 0.29) is 29.8 Å². The molecule has 22 heavy (non-hydrogen) atoms. The molecule has 7 heteroatoms. The fourth-order valence-electron chi connectivity index (χ4n) is 2.70. The van der Waals surface area contributed by atoms with Gasteiger partial charge in [0, 0.05) is 25.0 Å². The van der Waals surface area contributed by atoms with Crippen molar-refractivity contribution in [1.82, 2.24) is 9.62 Å². The molecule has 120 valence electrons. The lowest BCUT2D eigenvalue weighted by Gasteiger charge is -2.30. The molecule has 0 aromatic heterocycles. The number of rotatable bonds is 4. The van der Waals surface area contributed by atoms with Crippen molar-refractivity contribution in [2.45, 2.75) is 36.6 Å². The number of nitrogens with one attached hydrogen (secondary N) is 1. The van der Waals surface area contributed by atoms with Gasteiger partial charge in [-0.05, 0) is 37.8 Å². The number of carbonyl (C=O) groups is 1. The van der Waals surface area contributed by atoms with Gasteiger partial charge in [0.15, 0.2) is 0 Å². The van der Waals surface area contributed by atoms with Gasteiger partial charge in [-0.25, -0.2) is 12.8 Å². The van der Waals surface area contributed by atoms with Crippen molar-refractivity contribution in [1.29, 1.82) is 0 Å². The zero-order chi connectivity index (χ0) is 15.7. The van der Waals surface area contributed by atoms with Gasteiger partial charge >= 0.3 is 0 Å². The highest BCUT2D eigenvalue weighted by Gasteiger charge is 2.34. The lowest BCUT2D eigenvalue weighted by molar-refractivity contribution is -0.126. The number of piperidine rings is 1. The summed E-state index contributed by atoms with van der Waals surface area (Å²) in [5, 5.41) is 2.95. The van der Waals surface area contributed by atoms with Crippen molar-refractivity contribution in [2.75, 3.05) is 13.1 Å². The highest BCUT2D eigenvalue weighted by Crippen LogP contribution is 2.26. The van der Waals surface area contributed by atoms with Crippen LogP contribution in [-0.4, -0.2) is 37.8 Å². The molecule has 1 saturated carbocycles. The number of amides is 1. The minimum Gasteiger partial charge on any atom is -0.353 e. The maximum Gasteiger partial charge on any atom is 0.245 e. The van der Waals surface area contributed by atoms with E-state index in [9.17, 15) is 17.6 Å². The van der Waals surface area contributed by atoms with E-state index in [4.69, 9.17) is 0 Å². The molecule has 1 aromatic rings. The molecule has 1 N–H and O–H groups in total. The van der Waals surface area contributed by atoms with Gasteiger partial charge in [-0.1, -0.05) is 12.1 Å². The maximum atomic E-state index is 13.7. The smallest absolute Gasteiger partial charge is 0.245 e. The monoisotopic (exact) mass is 326 g/mol. The number of sulfonamides is 1. The van der Waals surface area contributed by atoms with Crippen molar-refractivity contribution in [3.8, 4) is 0 Å². The van der Waals surface area contributed by atoms with Crippen LogP contribution < -0.4 is 5.32 Å².